The zero-order valence-electron chi connectivity index (χ0n) is 10.3. The summed E-state index contributed by atoms with van der Waals surface area (Å²) in [6.07, 6.45) is 0. The van der Waals surface area contributed by atoms with Crippen molar-refractivity contribution in [2.24, 2.45) is 0 Å². The number of benzene rings is 2. The minimum atomic E-state index is 0.389. The quantitative estimate of drug-likeness (QED) is 0.750. The van der Waals surface area contributed by atoms with Crippen molar-refractivity contribution >= 4 is 0 Å². The van der Waals surface area contributed by atoms with Gasteiger partial charge in [-0.25, -0.2) is 0 Å². The fourth-order valence-electron chi connectivity index (χ4n) is 1.38. The highest BCUT2D eigenvalue weighted by Gasteiger charge is 1.91. The molecule has 0 heterocycles. The van der Waals surface area contributed by atoms with E-state index in [2.05, 4.69) is 58.0 Å². The van der Waals surface area contributed by atoms with E-state index in [1.807, 2.05) is 12.1 Å². The first-order chi connectivity index (χ1) is 8.38. The van der Waals surface area contributed by atoms with Crippen LogP contribution < -0.4 is 0 Å². The standard InChI is InChI=1S/C12H10.C3H8O2/c1-3-7-11(8-4-1)12-9-5-2-6-10-12;1-4-3-5-2/h1-10H;3H2,1-2H3. The highest BCUT2D eigenvalue weighted by molar-refractivity contribution is 5.62. The average Bonchev–Trinajstić information content (AvgIpc) is 2.42. The van der Waals surface area contributed by atoms with E-state index in [4.69, 9.17) is 0 Å². The molecular formula is C15H18O2. The Hall–Kier alpha value is -1.64. The van der Waals surface area contributed by atoms with Crippen molar-refractivity contribution in [1.29, 1.82) is 0 Å². The first-order valence-electron chi connectivity index (χ1n) is 5.47. The van der Waals surface area contributed by atoms with E-state index in [0.717, 1.165) is 0 Å². The Bertz CT molecular complexity index is 345. The van der Waals surface area contributed by atoms with E-state index in [9.17, 15) is 0 Å². The predicted molar refractivity (Wildman–Crippen MR) is 70.8 cm³/mol. The smallest absolute Gasteiger partial charge is 0.145 e. The second-order valence-electron chi connectivity index (χ2n) is 3.43. The lowest BCUT2D eigenvalue weighted by molar-refractivity contribution is -0.00271. The van der Waals surface area contributed by atoms with Crippen molar-refractivity contribution < 1.29 is 9.47 Å². The van der Waals surface area contributed by atoms with Crippen LogP contribution in [-0.4, -0.2) is 21.0 Å². The second-order valence-corrected chi connectivity index (χ2v) is 3.43. The van der Waals surface area contributed by atoms with Gasteiger partial charge >= 0.3 is 0 Å². The average molecular weight is 230 g/mol. The highest BCUT2D eigenvalue weighted by atomic mass is 16.6. The second kappa shape index (κ2) is 8.50. The fourth-order valence-corrected chi connectivity index (χ4v) is 1.38. The molecule has 17 heavy (non-hydrogen) atoms. The summed E-state index contributed by atoms with van der Waals surface area (Å²) in [5.74, 6) is 0. The fraction of sp³-hybridized carbons (Fsp3) is 0.200. The first kappa shape index (κ1) is 13.4. The molecule has 0 saturated carbocycles. The molecule has 0 aliphatic heterocycles. The molecule has 90 valence electrons. The zero-order valence-corrected chi connectivity index (χ0v) is 10.3. The van der Waals surface area contributed by atoms with Gasteiger partial charge in [-0.05, 0) is 11.1 Å². The molecule has 2 rings (SSSR count). The number of ether oxygens (including phenoxy) is 2. The largest absolute Gasteiger partial charge is 0.359 e. The van der Waals surface area contributed by atoms with Gasteiger partial charge in [-0.15, -0.1) is 0 Å². The molecule has 0 radical (unpaired) electrons. The van der Waals surface area contributed by atoms with Crippen LogP contribution in [0.15, 0.2) is 60.7 Å². The monoisotopic (exact) mass is 230 g/mol. The minimum absolute atomic E-state index is 0.389. The molecule has 0 amide bonds. The van der Waals surface area contributed by atoms with E-state index >= 15 is 0 Å². The summed E-state index contributed by atoms with van der Waals surface area (Å²) >= 11 is 0. The molecule has 2 aromatic rings. The predicted octanol–water partition coefficient (Wildman–Crippen LogP) is 3.59. The van der Waals surface area contributed by atoms with E-state index in [-0.39, 0.29) is 0 Å². The van der Waals surface area contributed by atoms with Gasteiger partial charge in [0.05, 0.1) is 0 Å². The maximum absolute atomic E-state index is 4.47. The molecule has 0 aliphatic carbocycles. The van der Waals surface area contributed by atoms with Crippen LogP contribution >= 0.6 is 0 Å². The van der Waals surface area contributed by atoms with Crippen LogP contribution in [0.25, 0.3) is 11.1 Å². The number of hydrogen-bond acceptors (Lipinski definition) is 2. The SMILES string of the molecule is COCOC.c1ccc(-c2ccccc2)cc1. The van der Waals surface area contributed by atoms with Gasteiger partial charge in [-0.2, -0.15) is 0 Å². The van der Waals surface area contributed by atoms with E-state index in [1.165, 1.54) is 11.1 Å². The van der Waals surface area contributed by atoms with Gasteiger partial charge in [0.15, 0.2) is 0 Å². The van der Waals surface area contributed by atoms with Crippen molar-refractivity contribution in [3.63, 3.8) is 0 Å². The maximum atomic E-state index is 4.47. The first-order valence-corrected chi connectivity index (χ1v) is 5.47. The lowest BCUT2D eigenvalue weighted by atomic mass is 10.1. The molecule has 0 N–H and O–H groups in total. The molecule has 0 saturated heterocycles. The Balaban J connectivity index is 0.000000249. The van der Waals surface area contributed by atoms with Crippen LogP contribution in [0, 0.1) is 0 Å². The van der Waals surface area contributed by atoms with Gasteiger partial charge in [0, 0.05) is 14.2 Å². The number of hydrogen-bond donors (Lipinski definition) is 0. The lowest BCUT2D eigenvalue weighted by Crippen LogP contribution is -1.87. The number of methoxy groups -OCH3 is 2. The molecule has 0 atom stereocenters. The Morgan fingerprint density at radius 2 is 1.00 bits per heavy atom. The van der Waals surface area contributed by atoms with Crippen molar-refractivity contribution in [3.8, 4) is 11.1 Å². The van der Waals surface area contributed by atoms with Gasteiger partial charge in [-0.1, -0.05) is 60.7 Å². The molecule has 2 heteroatoms. The number of rotatable bonds is 3. The van der Waals surface area contributed by atoms with Gasteiger partial charge < -0.3 is 9.47 Å². The third kappa shape index (κ3) is 5.29. The molecule has 2 nitrogen and oxygen atoms in total. The molecule has 0 spiro atoms. The molecule has 0 unspecified atom stereocenters. The topological polar surface area (TPSA) is 18.5 Å². The maximum Gasteiger partial charge on any atom is 0.145 e. The van der Waals surface area contributed by atoms with Crippen LogP contribution in [0.3, 0.4) is 0 Å². The summed E-state index contributed by atoms with van der Waals surface area (Å²) in [5.41, 5.74) is 2.55. The summed E-state index contributed by atoms with van der Waals surface area (Å²) in [7, 11) is 3.17. The molecule has 0 aromatic heterocycles. The lowest BCUT2D eigenvalue weighted by Gasteiger charge is -1.98. The van der Waals surface area contributed by atoms with Crippen molar-refractivity contribution in [3.05, 3.63) is 60.7 Å². The van der Waals surface area contributed by atoms with Gasteiger partial charge in [-0.3, -0.25) is 0 Å². The molecule has 2 aromatic carbocycles. The third-order valence-electron chi connectivity index (χ3n) is 2.12. The highest BCUT2D eigenvalue weighted by Crippen LogP contribution is 2.17. The summed E-state index contributed by atoms with van der Waals surface area (Å²) in [6, 6.07) is 20.8. The van der Waals surface area contributed by atoms with Crippen molar-refractivity contribution in [2.75, 3.05) is 21.0 Å². The van der Waals surface area contributed by atoms with E-state index in [0.29, 0.717) is 6.79 Å². The van der Waals surface area contributed by atoms with Gasteiger partial charge in [0.1, 0.15) is 6.79 Å². The summed E-state index contributed by atoms with van der Waals surface area (Å²) in [6.45, 7) is 0.389. The van der Waals surface area contributed by atoms with Crippen molar-refractivity contribution in [2.45, 2.75) is 0 Å². The summed E-state index contributed by atoms with van der Waals surface area (Å²) in [5, 5.41) is 0. The molecule has 0 fully saturated rings. The Labute approximate surface area is 103 Å². The van der Waals surface area contributed by atoms with Crippen LogP contribution in [0.2, 0.25) is 0 Å². The van der Waals surface area contributed by atoms with Crippen LogP contribution in [0.5, 0.6) is 0 Å². The van der Waals surface area contributed by atoms with Crippen LogP contribution in [0.4, 0.5) is 0 Å². The zero-order chi connectivity index (χ0) is 12.3. The molecule has 0 bridgehead atoms. The Morgan fingerprint density at radius 3 is 1.24 bits per heavy atom. The van der Waals surface area contributed by atoms with Crippen LogP contribution in [0.1, 0.15) is 0 Å². The third-order valence-corrected chi connectivity index (χ3v) is 2.12. The summed E-state index contributed by atoms with van der Waals surface area (Å²) < 4.78 is 8.94. The van der Waals surface area contributed by atoms with Crippen molar-refractivity contribution in [1.82, 2.24) is 0 Å². The normalized spacial score (nSPS) is 9.29. The Morgan fingerprint density at radius 1 is 0.647 bits per heavy atom. The minimum Gasteiger partial charge on any atom is -0.359 e. The molecular weight excluding hydrogens is 212 g/mol. The van der Waals surface area contributed by atoms with E-state index < -0.39 is 0 Å². The van der Waals surface area contributed by atoms with E-state index in [1.54, 1.807) is 14.2 Å². The Kier molecular flexibility index (Phi) is 6.72. The van der Waals surface area contributed by atoms with Gasteiger partial charge in [0.25, 0.3) is 0 Å². The summed E-state index contributed by atoms with van der Waals surface area (Å²) in [4.78, 5) is 0. The van der Waals surface area contributed by atoms with Crippen LogP contribution in [-0.2, 0) is 9.47 Å². The molecule has 0 aliphatic rings. The van der Waals surface area contributed by atoms with Gasteiger partial charge in [0.2, 0.25) is 0 Å².